The molecule has 0 fully saturated rings. The van der Waals surface area contributed by atoms with Crippen LogP contribution in [-0.4, -0.2) is 4.98 Å². The van der Waals surface area contributed by atoms with Gasteiger partial charge in [0.25, 0.3) is 0 Å². The van der Waals surface area contributed by atoms with E-state index in [-0.39, 0.29) is 6.04 Å². The Morgan fingerprint density at radius 2 is 2.29 bits per heavy atom. The lowest BCUT2D eigenvalue weighted by Crippen LogP contribution is -1.86. The highest BCUT2D eigenvalue weighted by Gasteiger charge is 2.10. The van der Waals surface area contributed by atoms with Gasteiger partial charge in [-0.2, -0.15) is 0 Å². The van der Waals surface area contributed by atoms with E-state index in [1.165, 1.54) is 0 Å². The standard InChI is InChI=1S/C9H8N4O/c1-6(12-13-10)9-11-7-4-2-3-5-8(7)14-9/h2-6H,1H3. The third-order valence-corrected chi connectivity index (χ3v) is 1.89. The largest absolute Gasteiger partial charge is 0.440 e. The fraction of sp³-hybridized carbons (Fsp3) is 0.222. The van der Waals surface area contributed by atoms with Crippen LogP contribution in [0.15, 0.2) is 33.8 Å². The Morgan fingerprint density at radius 3 is 3.00 bits per heavy atom. The second-order valence-electron chi connectivity index (χ2n) is 2.90. The first-order valence-electron chi connectivity index (χ1n) is 4.21. The zero-order valence-corrected chi connectivity index (χ0v) is 7.58. The van der Waals surface area contributed by atoms with Gasteiger partial charge in [0.1, 0.15) is 11.6 Å². The molecule has 1 heterocycles. The number of nitrogens with zero attached hydrogens (tertiary/aromatic N) is 4. The summed E-state index contributed by atoms with van der Waals surface area (Å²) in [6.07, 6.45) is 0. The van der Waals surface area contributed by atoms with E-state index < -0.39 is 0 Å². The molecule has 0 aliphatic carbocycles. The molecule has 0 spiro atoms. The van der Waals surface area contributed by atoms with Crippen molar-refractivity contribution >= 4 is 11.1 Å². The molecule has 0 aliphatic heterocycles. The third kappa shape index (κ3) is 1.41. The molecule has 5 nitrogen and oxygen atoms in total. The minimum Gasteiger partial charge on any atom is -0.440 e. The van der Waals surface area contributed by atoms with Gasteiger partial charge in [0.2, 0.25) is 5.89 Å². The summed E-state index contributed by atoms with van der Waals surface area (Å²) in [5, 5.41) is 3.51. The van der Waals surface area contributed by atoms with Crippen LogP contribution in [0.4, 0.5) is 0 Å². The van der Waals surface area contributed by atoms with Crippen molar-refractivity contribution in [3.63, 3.8) is 0 Å². The molecular formula is C9H8N4O. The van der Waals surface area contributed by atoms with Crippen molar-refractivity contribution < 1.29 is 4.42 Å². The Morgan fingerprint density at radius 1 is 1.50 bits per heavy atom. The van der Waals surface area contributed by atoms with Gasteiger partial charge in [-0.1, -0.05) is 17.2 Å². The van der Waals surface area contributed by atoms with E-state index in [0.29, 0.717) is 11.5 Å². The minimum absolute atomic E-state index is 0.368. The van der Waals surface area contributed by atoms with E-state index in [1.54, 1.807) is 6.92 Å². The zero-order chi connectivity index (χ0) is 9.97. The number of azide groups is 1. The average molecular weight is 188 g/mol. The van der Waals surface area contributed by atoms with E-state index >= 15 is 0 Å². The molecule has 14 heavy (non-hydrogen) atoms. The van der Waals surface area contributed by atoms with E-state index in [9.17, 15) is 0 Å². The second-order valence-corrected chi connectivity index (χ2v) is 2.90. The Labute approximate surface area is 80.0 Å². The van der Waals surface area contributed by atoms with Crippen LogP contribution in [0.1, 0.15) is 18.9 Å². The monoisotopic (exact) mass is 188 g/mol. The van der Waals surface area contributed by atoms with Gasteiger partial charge >= 0.3 is 0 Å². The van der Waals surface area contributed by atoms with Gasteiger partial charge in [-0.25, -0.2) is 4.98 Å². The summed E-state index contributed by atoms with van der Waals surface area (Å²) < 4.78 is 5.41. The fourth-order valence-corrected chi connectivity index (χ4v) is 1.20. The maximum atomic E-state index is 8.26. The molecule has 0 radical (unpaired) electrons. The fourth-order valence-electron chi connectivity index (χ4n) is 1.20. The van der Waals surface area contributed by atoms with Crippen LogP contribution in [0, 0.1) is 0 Å². The highest BCUT2D eigenvalue weighted by atomic mass is 16.3. The maximum Gasteiger partial charge on any atom is 0.204 e. The molecular weight excluding hydrogens is 180 g/mol. The lowest BCUT2D eigenvalue weighted by Gasteiger charge is -1.94. The SMILES string of the molecule is CC(N=[N+]=[N-])c1nc2ccccc2o1. The summed E-state index contributed by atoms with van der Waals surface area (Å²) in [6.45, 7) is 1.74. The Bertz CT molecular complexity index is 465. The molecule has 0 aliphatic rings. The zero-order valence-electron chi connectivity index (χ0n) is 7.58. The minimum atomic E-state index is -0.368. The highest BCUT2D eigenvalue weighted by Crippen LogP contribution is 2.21. The van der Waals surface area contributed by atoms with E-state index in [0.717, 1.165) is 5.52 Å². The molecule has 2 rings (SSSR count). The van der Waals surface area contributed by atoms with Gasteiger partial charge in [0.05, 0.1) is 0 Å². The maximum absolute atomic E-state index is 8.26. The van der Waals surface area contributed by atoms with Crippen LogP contribution in [0.5, 0.6) is 0 Å². The first-order valence-corrected chi connectivity index (χ1v) is 4.21. The second kappa shape index (κ2) is 3.40. The molecule has 0 N–H and O–H groups in total. The molecule has 70 valence electrons. The van der Waals surface area contributed by atoms with Gasteiger partial charge in [-0.05, 0) is 24.6 Å². The van der Waals surface area contributed by atoms with Gasteiger partial charge < -0.3 is 4.42 Å². The van der Waals surface area contributed by atoms with Crippen molar-refractivity contribution in [2.45, 2.75) is 13.0 Å². The van der Waals surface area contributed by atoms with Crippen molar-refractivity contribution in [2.75, 3.05) is 0 Å². The summed E-state index contributed by atoms with van der Waals surface area (Å²) in [4.78, 5) is 6.91. The summed E-state index contributed by atoms with van der Waals surface area (Å²) in [7, 11) is 0. The van der Waals surface area contributed by atoms with Crippen molar-refractivity contribution in [1.82, 2.24) is 4.98 Å². The van der Waals surface area contributed by atoms with Crippen molar-refractivity contribution in [3.8, 4) is 0 Å². The molecule has 0 saturated heterocycles. The van der Waals surface area contributed by atoms with Crippen LogP contribution >= 0.6 is 0 Å². The molecule has 0 amide bonds. The summed E-state index contributed by atoms with van der Waals surface area (Å²) in [6, 6.07) is 7.06. The molecule has 0 saturated carbocycles. The normalized spacial score (nSPS) is 12.4. The summed E-state index contributed by atoms with van der Waals surface area (Å²) in [5.41, 5.74) is 9.75. The topological polar surface area (TPSA) is 74.8 Å². The highest BCUT2D eigenvalue weighted by molar-refractivity contribution is 5.72. The van der Waals surface area contributed by atoms with E-state index in [1.807, 2.05) is 24.3 Å². The molecule has 1 aromatic heterocycles. The summed E-state index contributed by atoms with van der Waals surface area (Å²) in [5.74, 6) is 0.448. The lowest BCUT2D eigenvalue weighted by molar-refractivity contribution is 0.492. The number of hydrogen-bond acceptors (Lipinski definition) is 3. The number of hydrogen-bond donors (Lipinski definition) is 0. The average Bonchev–Trinajstić information content (AvgIpc) is 2.61. The Balaban J connectivity index is 2.49. The predicted octanol–water partition coefficient (Wildman–Crippen LogP) is 3.20. The van der Waals surface area contributed by atoms with Crippen molar-refractivity contribution in [2.24, 2.45) is 5.11 Å². The molecule has 1 atom stereocenters. The van der Waals surface area contributed by atoms with Crippen molar-refractivity contribution in [3.05, 3.63) is 40.6 Å². The van der Waals surface area contributed by atoms with Gasteiger partial charge in [0, 0.05) is 4.91 Å². The molecule has 5 heteroatoms. The molecule has 2 aromatic rings. The molecule has 1 aromatic carbocycles. The van der Waals surface area contributed by atoms with Crippen LogP contribution in [0.2, 0.25) is 0 Å². The number of aromatic nitrogens is 1. The van der Waals surface area contributed by atoms with Crippen LogP contribution in [0.25, 0.3) is 21.5 Å². The Hall–Kier alpha value is -2.00. The summed E-state index contributed by atoms with van der Waals surface area (Å²) >= 11 is 0. The van der Waals surface area contributed by atoms with Gasteiger partial charge in [0.15, 0.2) is 5.58 Å². The van der Waals surface area contributed by atoms with E-state index in [4.69, 9.17) is 9.95 Å². The Kier molecular flexibility index (Phi) is 2.08. The van der Waals surface area contributed by atoms with Crippen LogP contribution in [-0.2, 0) is 0 Å². The smallest absolute Gasteiger partial charge is 0.204 e. The first kappa shape index (κ1) is 8.59. The van der Waals surface area contributed by atoms with Gasteiger partial charge in [-0.15, -0.1) is 0 Å². The third-order valence-electron chi connectivity index (χ3n) is 1.89. The quantitative estimate of drug-likeness (QED) is 0.412. The number of oxazole rings is 1. The van der Waals surface area contributed by atoms with Crippen LogP contribution < -0.4 is 0 Å². The van der Waals surface area contributed by atoms with Crippen LogP contribution in [0.3, 0.4) is 0 Å². The molecule has 0 bridgehead atoms. The molecule has 1 unspecified atom stereocenters. The lowest BCUT2D eigenvalue weighted by atomic mass is 10.3. The number of benzene rings is 1. The predicted molar refractivity (Wildman–Crippen MR) is 51.6 cm³/mol. The number of para-hydroxylation sites is 2. The van der Waals surface area contributed by atoms with E-state index in [2.05, 4.69) is 15.0 Å². The number of fused-ring (bicyclic) bond motifs is 1. The number of rotatable bonds is 2. The van der Waals surface area contributed by atoms with Gasteiger partial charge in [-0.3, -0.25) is 0 Å². The van der Waals surface area contributed by atoms with Crippen molar-refractivity contribution in [1.29, 1.82) is 0 Å². The first-order chi connectivity index (χ1) is 6.81.